The van der Waals surface area contributed by atoms with Crippen molar-refractivity contribution in [3.05, 3.63) is 60.0 Å². The van der Waals surface area contributed by atoms with Gasteiger partial charge in [-0.05, 0) is 156 Å². The molecule has 1 aliphatic heterocycles. The van der Waals surface area contributed by atoms with Crippen LogP contribution in [-0.2, 0) is 20.5 Å². The van der Waals surface area contributed by atoms with Crippen LogP contribution in [-0.4, -0.2) is 75.7 Å². The second-order valence-corrected chi connectivity index (χ2v) is 17.4. The van der Waals surface area contributed by atoms with Crippen LogP contribution < -0.4 is 9.64 Å². The quantitative estimate of drug-likeness (QED) is 0.239. The minimum Gasteiger partial charge on any atom is -0.496 e. The Morgan fingerprint density at radius 3 is 2.28 bits per heavy atom. The van der Waals surface area contributed by atoms with Crippen LogP contribution in [0.25, 0.3) is 11.1 Å². The number of aryl methyl sites for hydroxylation is 1. The lowest BCUT2D eigenvalue weighted by molar-refractivity contribution is -0.124. The number of carbonyl (C=O) groups excluding carboxylic acids is 2. The monoisotopic (exact) mass is 723 g/mol. The van der Waals surface area contributed by atoms with Crippen molar-refractivity contribution in [3.63, 3.8) is 0 Å². The molecule has 10 nitrogen and oxygen atoms in total. The summed E-state index contributed by atoms with van der Waals surface area (Å²) < 4.78 is 13.6. The first-order valence-corrected chi connectivity index (χ1v) is 20.2. The zero-order valence-electron chi connectivity index (χ0n) is 31.9. The highest BCUT2D eigenvalue weighted by molar-refractivity contribution is 5.95. The number of hydrogen-bond acceptors (Lipinski definition) is 7. The highest BCUT2D eigenvalue weighted by Gasteiger charge is 2.51. The molecular weight excluding hydrogens is 667 g/mol. The van der Waals surface area contributed by atoms with E-state index in [0.29, 0.717) is 58.2 Å². The number of amides is 2. The molecule has 3 aromatic rings. The van der Waals surface area contributed by atoms with Gasteiger partial charge in [0.05, 0.1) is 24.9 Å². The molecule has 53 heavy (non-hydrogen) atoms. The summed E-state index contributed by atoms with van der Waals surface area (Å²) in [6.07, 6.45) is 19.2. The zero-order valence-corrected chi connectivity index (χ0v) is 31.9. The number of aliphatic hydroxyl groups excluding tert-OH is 1. The highest BCUT2D eigenvalue weighted by Crippen LogP contribution is 2.58. The predicted octanol–water partition coefficient (Wildman–Crippen LogP) is 7.94. The lowest BCUT2D eigenvalue weighted by atomic mass is 9.51. The molecule has 6 fully saturated rings. The van der Waals surface area contributed by atoms with E-state index in [1.165, 1.54) is 17.5 Å². The zero-order chi connectivity index (χ0) is 36.8. The molecule has 1 aromatic carbocycles. The van der Waals surface area contributed by atoms with E-state index in [1.54, 1.807) is 12.0 Å². The highest BCUT2D eigenvalue weighted by atomic mass is 16.6. The average molecular weight is 724 g/mol. The maximum atomic E-state index is 14.8. The van der Waals surface area contributed by atoms with Crippen LogP contribution in [0.15, 0.2) is 48.9 Å². The standard InChI is InChI=1S/C43H57N5O5/c1-30-25-34(7-10-37(30)52-3)43-19-16-42(17-20-43,18-21-43)29-47(38-26-32(11-22-44-38)33-27-45-48(28-33)41(2)14-4-15-41)39(50)31-5-8-36(9-6-31)53-40(51)46-23-12-35(49)13-24-46/h7,10-11,22,25-28,31,35-36,49H,4-6,8-9,12-21,23-24,29H2,1-3H3. The molecule has 9 rings (SSSR count). The number of benzene rings is 1. The van der Waals surface area contributed by atoms with Crippen molar-refractivity contribution in [2.45, 2.75) is 133 Å². The van der Waals surface area contributed by atoms with E-state index in [-0.39, 0.29) is 46.5 Å². The van der Waals surface area contributed by atoms with Gasteiger partial charge in [0.25, 0.3) is 0 Å². The maximum absolute atomic E-state index is 14.8. The Labute approximate surface area is 314 Å². The molecule has 0 unspecified atom stereocenters. The third kappa shape index (κ3) is 7.08. The summed E-state index contributed by atoms with van der Waals surface area (Å²) in [6, 6.07) is 10.9. The molecule has 10 heteroatoms. The topological polar surface area (TPSA) is 110 Å². The molecule has 6 aliphatic rings. The number of piperidine rings is 1. The fourth-order valence-corrected chi connectivity index (χ4v) is 10.1. The van der Waals surface area contributed by atoms with Crippen molar-refractivity contribution in [3.8, 4) is 16.9 Å². The molecule has 0 radical (unpaired) electrons. The van der Waals surface area contributed by atoms with Crippen molar-refractivity contribution in [2.24, 2.45) is 11.3 Å². The van der Waals surface area contributed by atoms with Crippen LogP contribution in [0.2, 0.25) is 0 Å². The van der Waals surface area contributed by atoms with Gasteiger partial charge in [0.2, 0.25) is 5.91 Å². The van der Waals surface area contributed by atoms with Gasteiger partial charge < -0.3 is 19.5 Å². The number of carbonyl (C=O) groups is 2. The number of anilines is 1. The number of ether oxygens (including phenoxy) is 2. The van der Waals surface area contributed by atoms with Crippen LogP contribution >= 0.6 is 0 Å². The minimum absolute atomic E-state index is 0.0507. The summed E-state index contributed by atoms with van der Waals surface area (Å²) in [6.45, 7) is 6.14. The van der Waals surface area contributed by atoms with Crippen molar-refractivity contribution in [1.82, 2.24) is 19.7 Å². The smallest absolute Gasteiger partial charge is 0.410 e. The van der Waals surface area contributed by atoms with E-state index in [1.807, 2.05) is 23.4 Å². The van der Waals surface area contributed by atoms with E-state index < -0.39 is 0 Å². The maximum Gasteiger partial charge on any atom is 0.410 e. The van der Waals surface area contributed by atoms with E-state index in [9.17, 15) is 14.7 Å². The summed E-state index contributed by atoms with van der Waals surface area (Å²) in [7, 11) is 1.74. The molecule has 2 amide bonds. The van der Waals surface area contributed by atoms with Crippen molar-refractivity contribution in [2.75, 3.05) is 31.6 Å². The first kappa shape index (κ1) is 36.1. The Bertz CT molecular complexity index is 1780. The van der Waals surface area contributed by atoms with Crippen molar-refractivity contribution < 1.29 is 24.2 Å². The number of rotatable bonds is 9. The molecular formula is C43H57N5O5. The molecule has 3 heterocycles. The summed E-state index contributed by atoms with van der Waals surface area (Å²) in [4.78, 5) is 36.3. The van der Waals surface area contributed by atoms with E-state index >= 15 is 0 Å². The summed E-state index contributed by atoms with van der Waals surface area (Å²) in [5, 5.41) is 14.6. The lowest BCUT2D eigenvalue weighted by Crippen LogP contribution is -2.52. The van der Waals surface area contributed by atoms with Gasteiger partial charge in [0.1, 0.15) is 17.7 Å². The molecule has 1 N–H and O–H groups in total. The fraction of sp³-hybridized carbons (Fsp3) is 0.628. The first-order chi connectivity index (χ1) is 25.6. The third-order valence-electron chi connectivity index (χ3n) is 14.1. The number of methoxy groups -OCH3 is 1. The average Bonchev–Trinajstić information content (AvgIpc) is 3.68. The number of hydrogen-bond donors (Lipinski definition) is 1. The number of aromatic nitrogens is 3. The molecule has 284 valence electrons. The van der Waals surface area contributed by atoms with Crippen LogP contribution in [0, 0.1) is 18.3 Å². The Hall–Kier alpha value is -3.92. The Morgan fingerprint density at radius 2 is 1.64 bits per heavy atom. The largest absolute Gasteiger partial charge is 0.496 e. The number of aliphatic hydroxyl groups is 1. The van der Waals surface area contributed by atoms with Gasteiger partial charge in [-0.2, -0.15) is 5.10 Å². The number of pyridine rings is 1. The van der Waals surface area contributed by atoms with Crippen LogP contribution in [0.3, 0.4) is 0 Å². The third-order valence-corrected chi connectivity index (χ3v) is 14.1. The van der Waals surface area contributed by atoms with E-state index in [2.05, 4.69) is 49.0 Å². The molecule has 0 atom stereocenters. The second-order valence-electron chi connectivity index (χ2n) is 17.4. The van der Waals surface area contributed by atoms with Gasteiger partial charge in [0.15, 0.2) is 0 Å². The Kier molecular flexibility index (Phi) is 9.79. The number of nitrogens with zero attached hydrogens (tertiary/aromatic N) is 5. The van der Waals surface area contributed by atoms with Crippen LogP contribution in [0.5, 0.6) is 5.75 Å². The SMILES string of the molecule is COc1ccc(C23CCC(CN(C(=O)C4CCC(OC(=O)N5CCC(O)CC5)CC4)c4cc(-c5cnn(C6(C)CCC6)c5)ccn4)(CC2)CC3)cc1C. The van der Waals surface area contributed by atoms with Crippen LogP contribution in [0.1, 0.15) is 114 Å². The molecule has 0 spiro atoms. The minimum atomic E-state index is -0.339. The normalized spacial score (nSPS) is 28.3. The molecule has 2 aromatic heterocycles. The Balaban J connectivity index is 1.00. The fourth-order valence-electron chi connectivity index (χ4n) is 10.1. The van der Waals surface area contributed by atoms with E-state index in [0.717, 1.165) is 74.1 Å². The lowest BCUT2D eigenvalue weighted by Gasteiger charge is -2.55. The van der Waals surface area contributed by atoms with Gasteiger partial charge in [-0.3, -0.25) is 14.4 Å². The summed E-state index contributed by atoms with van der Waals surface area (Å²) >= 11 is 0. The van der Waals surface area contributed by atoms with Crippen LogP contribution in [0.4, 0.5) is 10.6 Å². The van der Waals surface area contributed by atoms with Gasteiger partial charge in [-0.15, -0.1) is 0 Å². The molecule has 5 aliphatic carbocycles. The van der Waals surface area contributed by atoms with E-state index in [4.69, 9.17) is 19.6 Å². The molecule has 5 saturated carbocycles. The number of fused-ring (bicyclic) bond motifs is 3. The van der Waals surface area contributed by atoms with Crippen molar-refractivity contribution in [1.29, 1.82) is 0 Å². The summed E-state index contributed by atoms with van der Waals surface area (Å²) in [5.41, 5.74) is 5.02. The Morgan fingerprint density at radius 1 is 0.925 bits per heavy atom. The summed E-state index contributed by atoms with van der Waals surface area (Å²) in [5.74, 6) is 1.66. The molecule has 2 bridgehead atoms. The van der Waals surface area contributed by atoms with Crippen molar-refractivity contribution >= 4 is 17.8 Å². The first-order valence-electron chi connectivity index (χ1n) is 20.2. The number of likely N-dealkylation sites (tertiary alicyclic amines) is 1. The van der Waals surface area contributed by atoms with Gasteiger partial charge >= 0.3 is 6.09 Å². The van der Waals surface area contributed by atoms with Gasteiger partial charge in [-0.25, -0.2) is 9.78 Å². The predicted molar refractivity (Wildman–Crippen MR) is 204 cm³/mol. The van der Waals surface area contributed by atoms with Gasteiger partial charge in [0, 0.05) is 43.5 Å². The molecule has 1 saturated heterocycles. The van der Waals surface area contributed by atoms with Gasteiger partial charge in [-0.1, -0.05) is 12.1 Å². The second kappa shape index (κ2) is 14.4.